The third kappa shape index (κ3) is 3.96. The van der Waals surface area contributed by atoms with Crippen molar-refractivity contribution < 1.29 is 9.53 Å². The number of anilines is 1. The Kier molecular flexibility index (Phi) is 5.83. The fraction of sp³-hybridized carbons (Fsp3) is 0.533. The molecule has 0 radical (unpaired) electrons. The van der Waals surface area contributed by atoms with E-state index in [4.69, 9.17) is 4.74 Å². The lowest BCUT2D eigenvalue weighted by molar-refractivity contribution is 0.0633. The summed E-state index contributed by atoms with van der Waals surface area (Å²) in [5.41, 5.74) is 2.77. The molecule has 0 saturated carbocycles. The van der Waals surface area contributed by atoms with Gasteiger partial charge in [-0.1, -0.05) is 0 Å². The number of ether oxygens (including phenoxy) is 1. The molecular weight excluding hydrogens is 240 g/mol. The van der Waals surface area contributed by atoms with E-state index in [1.54, 1.807) is 12.0 Å². The van der Waals surface area contributed by atoms with Crippen molar-refractivity contribution in [3.05, 3.63) is 29.3 Å². The third-order valence-electron chi connectivity index (χ3n) is 3.23. The first-order chi connectivity index (χ1) is 9.01. The predicted molar refractivity (Wildman–Crippen MR) is 78.8 cm³/mol. The van der Waals surface area contributed by atoms with Crippen LogP contribution in [0.2, 0.25) is 0 Å². The van der Waals surface area contributed by atoms with E-state index in [1.165, 1.54) is 0 Å². The Morgan fingerprint density at radius 1 is 1.47 bits per heavy atom. The van der Waals surface area contributed by atoms with Crippen molar-refractivity contribution in [2.45, 2.75) is 26.8 Å². The van der Waals surface area contributed by atoms with Crippen LogP contribution < -0.4 is 5.32 Å². The van der Waals surface area contributed by atoms with E-state index >= 15 is 0 Å². The molecule has 0 bridgehead atoms. The van der Waals surface area contributed by atoms with Crippen molar-refractivity contribution in [3.63, 3.8) is 0 Å². The van der Waals surface area contributed by atoms with E-state index in [-0.39, 0.29) is 11.9 Å². The van der Waals surface area contributed by atoms with E-state index in [9.17, 15) is 4.79 Å². The van der Waals surface area contributed by atoms with Gasteiger partial charge in [0.1, 0.15) is 0 Å². The Morgan fingerprint density at radius 2 is 2.16 bits per heavy atom. The highest BCUT2D eigenvalue weighted by Crippen LogP contribution is 2.17. The molecule has 0 heterocycles. The topological polar surface area (TPSA) is 41.6 Å². The van der Waals surface area contributed by atoms with Crippen molar-refractivity contribution in [1.29, 1.82) is 0 Å². The number of hydrogen-bond donors (Lipinski definition) is 1. The van der Waals surface area contributed by atoms with Crippen molar-refractivity contribution in [3.8, 4) is 0 Å². The number of hydrogen-bond acceptors (Lipinski definition) is 3. The predicted octanol–water partition coefficient (Wildman–Crippen LogP) is 2.53. The average Bonchev–Trinajstić information content (AvgIpc) is 2.38. The summed E-state index contributed by atoms with van der Waals surface area (Å²) in [5, 5.41) is 3.24. The molecule has 4 nitrogen and oxygen atoms in total. The largest absolute Gasteiger partial charge is 0.385 e. The zero-order chi connectivity index (χ0) is 14.4. The van der Waals surface area contributed by atoms with Gasteiger partial charge in [0.15, 0.2) is 0 Å². The van der Waals surface area contributed by atoms with E-state index in [0.717, 1.165) is 23.4 Å². The molecule has 0 aliphatic heterocycles. The number of methoxy groups -OCH3 is 1. The second-order valence-electron chi connectivity index (χ2n) is 4.78. The zero-order valence-electron chi connectivity index (χ0n) is 12.5. The Morgan fingerprint density at radius 3 is 2.68 bits per heavy atom. The summed E-state index contributed by atoms with van der Waals surface area (Å²) in [6, 6.07) is 5.89. The molecule has 1 unspecified atom stereocenters. The van der Waals surface area contributed by atoms with Crippen LogP contribution in [-0.2, 0) is 4.74 Å². The van der Waals surface area contributed by atoms with E-state index in [0.29, 0.717) is 6.61 Å². The Balaban J connectivity index is 2.87. The van der Waals surface area contributed by atoms with Crippen molar-refractivity contribution in [2.75, 3.05) is 32.6 Å². The van der Waals surface area contributed by atoms with Crippen LogP contribution in [0.25, 0.3) is 0 Å². The van der Waals surface area contributed by atoms with Gasteiger partial charge < -0.3 is 15.0 Å². The maximum absolute atomic E-state index is 12.4. The van der Waals surface area contributed by atoms with Gasteiger partial charge in [0.25, 0.3) is 5.91 Å². The number of nitrogens with zero attached hydrogens (tertiary/aromatic N) is 1. The molecule has 0 spiro atoms. The lowest BCUT2D eigenvalue weighted by atomic mass is 10.1. The van der Waals surface area contributed by atoms with Crippen LogP contribution in [0.4, 0.5) is 5.69 Å². The van der Waals surface area contributed by atoms with Gasteiger partial charge in [0.05, 0.1) is 12.6 Å². The standard InChI is InChI=1S/C15H24N2O2/c1-6-16-13-7-8-14(11(2)9-13)15(18)17(4)12(3)10-19-5/h7-9,12,16H,6,10H2,1-5H3. The number of rotatable bonds is 6. The number of benzene rings is 1. The zero-order valence-corrected chi connectivity index (χ0v) is 12.5. The highest BCUT2D eigenvalue weighted by Gasteiger charge is 2.18. The molecule has 1 rings (SSSR count). The number of amides is 1. The molecule has 0 aromatic heterocycles. The molecule has 1 aromatic rings. The quantitative estimate of drug-likeness (QED) is 0.858. The lowest BCUT2D eigenvalue weighted by Gasteiger charge is -2.25. The summed E-state index contributed by atoms with van der Waals surface area (Å²) in [7, 11) is 3.45. The van der Waals surface area contributed by atoms with Crippen molar-refractivity contribution in [2.24, 2.45) is 0 Å². The maximum Gasteiger partial charge on any atom is 0.254 e. The summed E-state index contributed by atoms with van der Waals surface area (Å²) < 4.78 is 5.09. The van der Waals surface area contributed by atoms with Gasteiger partial charge in [-0.05, 0) is 44.5 Å². The van der Waals surface area contributed by atoms with Crippen LogP contribution in [0.3, 0.4) is 0 Å². The Labute approximate surface area is 115 Å². The molecule has 4 heteroatoms. The smallest absolute Gasteiger partial charge is 0.254 e. The molecule has 0 saturated heterocycles. The van der Waals surface area contributed by atoms with Gasteiger partial charge in [-0.15, -0.1) is 0 Å². The SMILES string of the molecule is CCNc1ccc(C(=O)N(C)C(C)COC)c(C)c1. The van der Waals surface area contributed by atoms with Crippen LogP contribution in [-0.4, -0.2) is 44.2 Å². The average molecular weight is 264 g/mol. The molecule has 0 fully saturated rings. The van der Waals surface area contributed by atoms with Gasteiger partial charge in [-0.3, -0.25) is 4.79 Å². The number of nitrogens with one attached hydrogen (secondary N) is 1. The molecule has 0 aliphatic carbocycles. The summed E-state index contributed by atoms with van der Waals surface area (Å²) in [6.45, 7) is 7.40. The molecular formula is C15H24N2O2. The van der Waals surface area contributed by atoms with Crippen LogP contribution >= 0.6 is 0 Å². The molecule has 0 aliphatic rings. The molecule has 19 heavy (non-hydrogen) atoms. The lowest BCUT2D eigenvalue weighted by Crippen LogP contribution is -2.38. The molecule has 1 aromatic carbocycles. The van der Waals surface area contributed by atoms with Gasteiger partial charge in [-0.25, -0.2) is 0 Å². The minimum Gasteiger partial charge on any atom is -0.385 e. The minimum absolute atomic E-state index is 0.0325. The van der Waals surface area contributed by atoms with Gasteiger partial charge in [-0.2, -0.15) is 0 Å². The van der Waals surface area contributed by atoms with E-state index in [1.807, 2.05) is 39.1 Å². The fourth-order valence-corrected chi connectivity index (χ4v) is 1.96. The molecule has 1 N–H and O–H groups in total. The normalized spacial score (nSPS) is 12.1. The van der Waals surface area contributed by atoms with Gasteiger partial charge in [0.2, 0.25) is 0 Å². The summed E-state index contributed by atoms with van der Waals surface area (Å²) in [5.74, 6) is 0.0325. The second-order valence-corrected chi connectivity index (χ2v) is 4.78. The van der Waals surface area contributed by atoms with Crippen molar-refractivity contribution >= 4 is 11.6 Å². The fourth-order valence-electron chi connectivity index (χ4n) is 1.96. The molecule has 106 valence electrons. The summed E-state index contributed by atoms with van der Waals surface area (Å²) in [6.07, 6.45) is 0. The summed E-state index contributed by atoms with van der Waals surface area (Å²) in [4.78, 5) is 14.1. The van der Waals surface area contributed by atoms with Gasteiger partial charge >= 0.3 is 0 Å². The highest BCUT2D eigenvalue weighted by atomic mass is 16.5. The summed E-state index contributed by atoms with van der Waals surface area (Å²) >= 11 is 0. The third-order valence-corrected chi connectivity index (χ3v) is 3.23. The Bertz CT molecular complexity index is 432. The molecule has 1 amide bonds. The van der Waals surface area contributed by atoms with E-state index < -0.39 is 0 Å². The first kappa shape index (κ1) is 15.5. The monoisotopic (exact) mass is 264 g/mol. The number of carbonyl (C=O) groups is 1. The van der Waals surface area contributed by atoms with E-state index in [2.05, 4.69) is 12.2 Å². The number of aryl methyl sites for hydroxylation is 1. The maximum atomic E-state index is 12.4. The van der Waals surface area contributed by atoms with Crippen LogP contribution in [0, 0.1) is 6.92 Å². The number of carbonyl (C=O) groups excluding carboxylic acids is 1. The van der Waals surface area contributed by atoms with Gasteiger partial charge in [0, 0.05) is 32.0 Å². The Hall–Kier alpha value is -1.55. The minimum atomic E-state index is 0.0325. The second kappa shape index (κ2) is 7.14. The molecule has 1 atom stereocenters. The van der Waals surface area contributed by atoms with Crippen LogP contribution in [0.5, 0.6) is 0 Å². The van der Waals surface area contributed by atoms with Crippen LogP contribution in [0.1, 0.15) is 29.8 Å². The van der Waals surface area contributed by atoms with Crippen LogP contribution in [0.15, 0.2) is 18.2 Å². The van der Waals surface area contributed by atoms with Crippen molar-refractivity contribution in [1.82, 2.24) is 4.90 Å². The first-order valence-corrected chi connectivity index (χ1v) is 6.61. The highest BCUT2D eigenvalue weighted by molar-refractivity contribution is 5.96. The first-order valence-electron chi connectivity index (χ1n) is 6.61. The number of likely N-dealkylation sites (N-methyl/N-ethyl adjacent to an activating group) is 1.